The Kier molecular flexibility index (Phi) is 4.55. The van der Waals surface area contributed by atoms with Gasteiger partial charge in [-0.2, -0.15) is 0 Å². The van der Waals surface area contributed by atoms with E-state index in [2.05, 4.69) is 16.8 Å². The molecule has 24 heavy (non-hydrogen) atoms. The zero-order chi connectivity index (χ0) is 17.1. The first kappa shape index (κ1) is 16.1. The summed E-state index contributed by atoms with van der Waals surface area (Å²) >= 11 is 0. The smallest absolute Gasteiger partial charge is 0.337 e. The molecule has 1 unspecified atom stereocenters. The van der Waals surface area contributed by atoms with Crippen LogP contribution in [0.1, 0.15) is 27.8 Å². The quantitative estimate of drug-likeness (QED) is 0.877. The van der Waals surface area contributed by atoms with Crippen LogP contribution in [0.25, 0.3) is 0 Å². The third-order valence-corrected chi connectivity index (χ3v) is 4.37. The van der Waals surface area contributed by atoms with Crippen molar-refractivity contribution < 1.29 is 14.3 Å². The van der Waals surface area contributed by atoms with Gasteiger partial charge in [-0.25, -0.2) is 4.79 Å². The van der Waals surface area contributed by atoms with Crippen LogP contribution in [0.15, 0.2) is 42.6 Å². The Labute approximate surface area is 141 Å². The summed E-state index contributed by atoms with van der Waals surface area (Å²) in [5.41, 5.74) is 2.20. The minimum Gasteiger partial charge on any atom is -0.465 e. The number of hydrogen-bond acceptors (Lipinski definition) is 4. The number of benzene rings is 1. The van der Waals surface area contributed by atoms with E-state index in [-0.39, 0.29) is 17.9 Å². The normalized spacial score (nSPS) is 17.7. The van der Waals surface area contributed by atoms with Crippen LogP contribution >= 0.6 is 0 Å². The molecule has 6 nitrogen and oxygen atoms in total. The van der Waals surface area contributed by atoms with Gasteiger partial charge < -0.3 is 19.5 Å². The predicted octanol–water partition coefficient (Wildman–Crippen LogP) is 2.15. The van der Waals surface area contributed by atoms with E-state index in [4.69, 9.17) is 4.74 Å². The number of esters is 1. The van der Waals surface area contributed by atoms with Crippen molar-refractivity contribution in [2.75, 3.05) is 31.6 Å². The number of carbonyl (C=O) groups is 2. The lowest BCUT2D eigenvalue weighted by Crippen LogP contribution is -2.54. The Balaban J connectivity index is 1.67. The molecule has 1 amide bonds. The molecule has 0 spiro atoms. The van der Waals surface area contributed by atoms with Crippen LogP contribution in [0.3, 0.4) is 0 Å². The first-order valence-electron chi connectivity index (χ1n) is 7.98. The van der Waals surface area contributed by atoms with E-state index in [1.54, 1.807) is 24.4 Å². The highest BCUT2D eigenvalue weighted by molar-refractivity contribution is 5.93. The van der Waals surface area contributed by atoms with Crippen LogP contribution in [0.4, 0.5) is 5.69 Å². The van der Waals surface area contributed by atoms with E-state index in [0.717, 1.165) is 18.8 Å². The number of amides is 1. The molecule has 1 saturated heterocycles. The molecule has 1 aromatic heterocycles. The molecule has 1 N–H and O–H groups in total. The average Bonchev–Trinajstić information content (AvgIpc) is 3.15. The van der Waals surface area contributed by atoms with Gasteiger partial charge in [-0.15, -0.1) is 0 Å². The zero-order valence-corrected chi connectivity index (χ0v) is 13.9. The highest BCUT2D eigenvalue weighted by Gasteiger charge is 2.28. The minimum absolute atomic E-state index is 0.0354. The largest absolute Gasteiger partial charge is 0.465 e. The fourth-order valence-electron chi connectivity index (χ4n) is 3.04. The van der Waals surface area contributed by atoms with Crippen molar-refractivity contribution in [3.8, 4) is 0 Å². The second-order valence-electron chi connectivity index (χ2n) is 5.92. The van der Waals surface area contributed by atoms with Crippen LogP contribution in [-0.4, -0.2) is 54.5 Å². The molecule has 0 aliphatic carbocycles. The third kappa shape index (κ3) is 3.13. The summed E-state index contributed by atoms with van der Waals surface area (Å²) in [6, 6.07) is 11.1. The fourth-order valence-corrected chi connectivity index (χ4v) is 3.04. The van der Waals surface area contributed by atoms with Crippen LogP contribution < -0.4 is 4.90 Å². The van der Waals surface area contributed by atoms with Gasteiger partial charge in [-0.1, -0.05) is 0 Å². The van der Waals surface area contributed by atoms with E-state index in [0.29, 0.717) is 17.8 Å². The standard InChI is InChI=1S/C18H21N3O3/c1-13-12-20(15-7-5-14(6-8-15)18(23)24-2)10-11-21(13)17(22)16-4-3-9-19-16/h3-9,13,19H,10-12H2,1-2H3. The van der Waals surface area contributed by atoms with Crippen molar-refractivity contribution in [1.82, 2.24) is 9.88 Å². The lowest BCUT2D eigenvalue weighted by atomic mass is 10.1. The molecule has 1 aliphatic heterocycles. The Morgan fingerprint density at radius 2 is 1.92 bits per heavy atom. The molecule has 1 aromatic carbocycles. The Hall–Kier alpha value is -2.76. The van der Waals surface area contributed by atoms with Gasteiger partial charge in [0, 0.05) is 37.6 Å². The Bertz CT molecular complexity index is 710. The first-order valence-corrected chi connectivity index (χ1v) is 7.98. The Morgan fingerprint density at radius 1 is 1.17 bits per heavy atom. The number of anilines is 1. The monoisotopic (exact) mass is 327 g/mol. The molecule has 2 heterocycles. The molecule has 2 aromatic rings. The van der Waals surface area contributed by atoms with Crippen molar-refractivity contribution in [2.45, 2.75) is 13.0 Å². The number of aromatic amines is 1. The summed E-state index contributed by atoms with van der Waals surface area (Å²) in [6.07, 6.45) is 1.76. The van der Waals surface area contributed by atoms with E-state index in [1.807, 2.05) is 23.1 Å². The van der Waals surface area contributed by atoms with Gasteiger partial charge in [0.2, 0.25) is 0 Å². The number of hydrogen-bond donors (Lipinski definition) is 1. The van der Waals surface area contributed by atoms with E-state index in [1.165, 1.54) is 7.11 Å². The number of H-pyrrole nitrogens is 1. The first-order chi connectivity index (χ1) is 11.6. The number of aromatic nitrogens is 1. The minimum atomic E-state index is -0.337. The van der Waals surface area contributed by atoms with Crippen LogP contribution in [-0.2, 0) is 4.74 Å². The molecule has 1 atom stereocenters. The van der Waals surface area contributed by atoms with Crippen LogP contribution in [0.2, 0.25) is 0 Å². The molecule has 0 radical (unpaired) electrons. The zero-order valence-electron chi connectivity index (χ0n) is 13.9. The number of rotatable bonds is 3. The van der Waals surface area contributed by atoms with E-state index < -0.39 is 0 Å². The SMILES string of the molecule is COC(=O)c1ccc(N2CCN(C(=O)c3ccc[nH]3)C(C)C2)cc1. The lowest BCUT2D eigenvalue weighted by molar-refractivity contribution is 0.0599. The van der Waals surface area contributed by atoms with Crippen molar-refractivity contribution in [1.29, 1.82) is 0 Å². The summed E-state index contributed by atoms with van der Waals surface area (Å²) < 4.78 is 4.71. The van der Waals surface area contributed by atoms with E-state index >= 15 is 0 Å². The molecule has 0 saturated carbocycles. The molecule has 0 bridgehead atoms. The fraction of sp³-hybridized carbons (Fsp3) is 0.333. The predicted molar refractivity (Wildman–Crippen MR) is 91.3 cm³/mol. The highest BCUT2D eigenvalue weighted by atomic mass is 16.5. The summed E-state index contributed by atoms with van der Waals surface area (Å²) in [5, 5.41) is 0. The summed E-state index contributed by atoms with van der Waals surface area (Å²) in [6.45, 7) is 4.23. The maximum Gasteiger partial charge on any atom is 0.337 e. The van der Waals surface area contributed by atoms with Crippen molar-refractivity contribution in [3.05, 3.63) is 53.9 Å². The van der Waals surface area contributed by atoms with E-state index in [9.17, 15) is 9.59 Å². The van der Waals surface area contributed by atoms with Crippen molar-refractivity contribution >= 4 is 17.6 Å². The van der Waals surface area contributed by atoms with Gasteiger partial charge >= 0.3 is 5.97 Å². The Morgan fingerprint density at radius 3 is 2.50 bits per heavy atom. The molecular weight excluding hydrogens is 306 g/mol. The van der Waals surface area contributed by atoms with Crippen LogP contribution in [0.5, 0.6) is 0 Å². The number of ether oxygens (including phenoxy) is 1. The molecule has 1 aliphatic rings. The highest BCUT2D eigenvalue weighted by Crippen LogP contribution is 2.21. The summed E-state index contributed by atoms with van der Waals surface area (Å²) in [4.78, 5) is 31.1. The topological polar surface area (TPSA) is 65.6 Å². The number of nitrogens with one attached hydrogen (secondary N) is 1. The third-order valence-electron chi connectivity index (χ3n) is 4.37. The van der Waals surface area contributed by atoms with Crippen LogP contribution in [0, 0.1) is 0 Å². The number of carbonyl (C=O) groups excluding carboxylic acids is 2. The second-order valence-corrected chi connectivity index (χ2v) is 5.92. The molecule has 3 rings (SSSR count). The summed E-state index contributed by atoms with van der Waals surface area (Å²) in [5.74, 6) is -0.301. The molecule has 6 heteroatoms. The molecule has 126 valence electrons. The van der Waals surface area contributed by atoms with Gasteiger partial charge in [-0.05, 0) is 43.3 Å². The maximum atomic E-state index is 12.5. The van der Waals surface area contributed by atoms with Crippen molar-refractivity contribution in [3.63, 3.8) is 0 Å². The van der Waals surface area contributed by atoms with Gasteiger partial charge in [0.1, 0.15) is 5.69 Å². The van der Waals surface area contributed by atoms with Gasteiger partial charge in [0.25, 0.3) is 5.91 Å². The van der Waals surface area contributed by atoms with Gasteiger partial charge in [0.15, 0.2) is 0 Å². The maximum absolute atomic E-state index is 12.5. The molecule has 1 fully saturated rings. The van der Waals surface area contributed by atoms with Crippen molar-refractivity contribution in [2.24, 2.45) is 0 Å². The average molecular weight is 327 g/mol. The molecular formula is C18H21N3O3. The second kappa shape index (κ2) is 6.78. The number of methoxy groups -OCH3 is 1. The number of nitrogens with zero attached hydrogens (tertiary/aromatic N) is 2. The lowest BCUT2D eigenvalue weighted by Gasteiger charge is -2.40. The van der Waals surface area contributed by atoms with Gasteiger partial charge in [-0.3, -0.25) is 4.79 Å². The summed E-state index contributed by atoms with van der Waals surface area (Å²) in [7, 11) is 1.37. The van der Waals surface area contributed by atoms with Gasteiger partial charge in [0.05, 0.1) is 12.7 Å². The number of piperazine rings is 1.